The van der Waals surface area contributed by atoms with Crippen LogP contribution < -0.4 is 4.74 Å². The first-order valence-electron chi connectivity index (χ1n) is 8.66. The van der Waals surface area contributed by atoms with E-state index in [0.717, 1.165) is 22.3 Å². The number of benzene rings is 3. The number of aliphatic hydroxyl groups excluding tert-OH is 1. The number of hydrogen-bond donors (Lipinski definition) is 1. The summed E-state index contributed by atoms with van der Waals surface area (Å²) in [6.45, 7) is 0.680. The first-order chi connectivity index (χ1) is 12.8. The van der Waals surface area contributed by atoms with Gasteiger partial charge in [0.2, 0.25) is 0 Å². The van der Waals surface area contributed by atoms with E-state index in [0.29, 0.717) is 6.54 Å². The molecule has 0 aliphatic heterocycles. The van der Waals surface area contributed by atoms with Crippen LogP contribution in [0.2, 0.25) is 0 Å². The average molecular weight is 344 g/mol. The Morgan fingerprint density at radius 3 is 2.35 bits per heavy atom. The van der Waals surface area contributed by atoms with Gasteiger partial charge in [0.15, 0.2) is 0 Å². The minimum Gasteiger partial charge on any atom is -0.491 e. The molecule has 130 valence electrons. The predicted molar refractivity (Wildman–Crippen MR) is 103 cm³/mol. The molecule has 4 nitrogen and oxygen atoms in total. The van der Waals surface area contributed by atoms with Crippen LogP contribution in [0.3, 0.4) is 0 Å². The lowest BCUT2D eigenvalue weighted by molar-refractivity contribution is 0.0934. The van der Waals surface area contributed by atoms with Crippen LogP contribution in [0, 0.1) is 0 Å². The SMILES string of the molecule is O[C@H](COc1ccc(-c2ccccc2)cc1)Cn1cnc2ccccc21. The summed E-state index contributed by atoms with van der Waals surface area (Å²) in [6.07, 6.45) is 1.14. The van der Waals surface area contributed by atoms with Crippen molar-refractivity contribution in [1.29, 1.82) is 0 Å². The molecule has 4 aromatic rings. The van der Waals surface area contributed by atoms with Crippen LogP contribution in [0.1, 0.15) is 0 Å². The maximum Gasteiger partial charge on any atom is 0.119 e. The summed E-state index contributed by atoms with van der Waals surface area (Å²) in [5.74, 6) is 0.749. The Morgan fingerprint density at radius 1 is 0.846 bits per heavy atom. The molecule has 0 fully saturated rings. The highest BCUT2D eigenvalue weighted by atomic mass is 16.5. The molecule has 0 saturated heterocycles. The number of imidazole rings is 1. The van der Waals surface area contributed by atoms with Crippen molar-refractivity contribution in [3.05, 3.63) is 85.2 Å². The molecule has 0 aliphatic carbocycles. The normalized spacial score (nSPS) is 12.2. The van der Waals surface area contributed by atoms with Gasteiger partial charge in [-0.05, 0) is 35.4 Å². The van der Waals surface area contributed by atoms with Crippen LogP contribution in [0.25, 0.3) is 22.2 Å². The van der Waals surface area contributed by atoms with E-state index in [1.807, 2.05) is 71.3 Å². The van der Waals surface area contributed by atoms with Crippen molar-refractivity contribution in [1.82, 2.24) is 9.55 Å². The Balaban J connectivity index is 1.36. The predicted octanol–water partition coefficient (Wildman–Crippen LogP) is 4.14. The third-order valence-electron chi connectivity index (χ3n) is 4.34. The first kappa shape index (κ1) is 16.4. The zero-order valence-electron chi connectivity index (χ0n) is 14.3. The van der Waals surface area contributed by atoms with Gasteiger partial charge in [-0.25, -0.2) is 4.98 Å². The lowest BCUT2D eigenvalue weighted by Crippen LogP contribution is -2.23. The molecule has 1 heterocycles. The zero-order valence-corrected chi connectivity index (χ0v) is 14.3. The second-order valence-corrected chi connectivity index (χ2v) is 6.24. The number of fused-ring (bicyclic) bond motifs is 1. The van der Waals surface area contributed by atoms with Gasteiger partial charge in [-0.3, -0.25) is 0 Å². The molecule has 0 amide bonds. The summed E-state index contributed by atoms with van der Waals surface area (Å²) in [5.41, 5.74) is 4.25. The maximum absolute atomic E-state index is 10.3. The summed E-state index contributed by atoms with van der Waals surface area (Å²) < 4.78 is 7.68. The molecule has 3 aromatic carbocycles. The highest BCUT2D eigenvalue weighted by Gasteiger charge is 2.09. The molecule has 1 atom stereocenters. The van der Waals surface area contributed by atoms with Crippen molar-refractivity contribution in [2.45, 2.75) is 12.6 Å². The van der Waals surface area contributed by atoms with E-state index >= 15 is 0 Å². The standard InChI is InChI=1S/C22H20N2O2/c25-19(14-24-16-23-21-8-4-5-9-22(21)24)15-26-20-12-10-18(11-13-20)17-6-2-1-3-7-17/h1-13,16,19,25H,14-15H2/t19-/m0/s1. The Morgan fingerprint density at radius 2 is 1.54 bits per heavy atom. The number of hydrogen-bond acceptors (Lipinski definition) is 3. The van der Waals surface area contributed by atoms with Crippen LogP contribution in [0.15, 0.2) is 85.2 Å². The number of para-hydroxylation sites is 2. The molecular formula is C22H20N2O2. The number of ether oxygens (including phenoxy) is 1. The smallest absolute Gasteiger partial charge is 0.119 e. The summed E-state index contributed by atoms with van der Waals surface area (Å²) in [4.78, 5) is 4.34. The van der Waals surface area contributed by atoms with Gasteiger partial charge in [0.25, 0.3) is 0 Å². The Kier molecular flexibility index (Phi) is 4.67. The van der Waals surface area contributed by atoms with E-state index in [1.165, 1.54) is 5.56 Å². The largest absolute Gasteiger partial charge is 0.491 e. The van der Waals surface area contributed by atoms with Crippen molar-refractivity contribution >= 4 is 11.0 Å². The maximum atomic E-state index is 10.3. The van der Waals surface area contributed by atoms with E-state index in [4.69, 9.17) is 4.74 Å². The average Bonchev–Trinajstić information content (AvgIpc) is 3.10. The lowest BCUT2D eigenvalue weighted by Gasteiger charge is -2.14. The first-order valence-corrected chi connectivity index (χ1v) is 8.66. The van der Waals surface area contributed by atoms with Gasteiger partial charge in [-0.1, -0.05) is 54.6 Å². The fraction of sp³-hybridized carbons (Fsp3) is 0.136. The van der Waals surface area contributed by atoms with Crippen molar-refractivity contribution < 1.29 is 9.84 Å². The second kappa shape index (κ2) is 7.42. The van der Waals surface area contributed by atoms with Crippen LogP contribution in [-0.4, -0.2) is 27.4 Å². The zero-order chi connectivity index (χ0) is 17.8. The number of aromatic nitrogens is 2. The number of nitrogens with zero attached hydrogens (tertiary/aromatic N) is 2. The molecule has 4 heteroatoms. The van der Waals surface area contributed by atoms with Gasteiger partial charge >= 0.3 is 0 Å². The lowest BCUT2D eigenvalue weighted by atomic mass is 10.1. The third-order valence-corrected chi connectivity index (χ3v) is 4.34. The Hall–Kier alpha value is -3.11. The molecule has 0 spiro atoms. The Bertz CT molecular complexity index is 978. The van der Waals surface area contributed by atoms with Gasteiger partial charge in [-0.15, -0.1) is 0 Å². The molecule has 0 aliphatic rings. The molecule has 1 N–H and O–H groups in total. The molecule has 0 bridgehead atoms. The topological polar surface area (TPSA) is 47.3 Å². The monoisotopic (exact) mass is 344 g/mol. The highest BCUT2D eigenvalue weighted by Crippen LogP contribution is 2.22. The summed E-state index contributed by atoms with van der Waals surface area (Å²) >= 11 is 0. The molecule has 0 unspecified atom stereocenters. The van der Waals surface area contributed by atoms with E-state index in [-0.39, 0.29) is 6.61 Å². The van der Waals surface area contributed by atoms with Crippen LogP contribution in [0.5, 0.6) is 5.75 Å². The molecule has 4 rings (SSSR count). The van der Waals surface area contributed by atoms with Crippen molar-refractivity contribution in [3.63, 3.8) is 0 Å². The Labute approximate surface area is 152 Å². The second-order valence-electron chi connectivity index (χ2n) is 6.24. The highest BCUT2D eigenvalue weighted by molar-refractivity contribution is 5.74. The van der Waals surface area contributed by atoms with E-state index in [9.17, 15) is 5.11 Å². The summed E-state index contributed by atoms with van der Waals surface area (Å²) in [5, 5.41) is 10.3. The van der Waals surface area contributed by atoms with Crippen LogP contribution in [0.4, 0.5) is 0 Å². The molecule has 26 heavy (non-hydrogen) atoms. The van der Waals surface area contributed by atoms with Gasteiger partial charge < -0.3 is 14.4 Å². The van der Waals surface area contributed by atoms with Crippen molar-refractivity contribution in [2.24, 2.45) is 0 Å². The summed E-state index contributed by atoms with van der Waals surface area (Å²) in [6, 6.07) is 26.0. The molecule has 1 aromatic heterocycles. The third kappa shape index (κ3) is 3.60. The van der Waals surface area contributed by atoms with E-state index in [1.54, 1.807) is 6.33 Å². The van der Waals surface area contributed by atoms with E-state index in [2.05, 4.69) is 17.1 Å². The fourth-order valence-electron chi connectivity index (χ4n) is 3.00. The number of rotatable bonds is 6. The molecule has 0 radical (unpaired) electrons. The van der Waals surface area contributed by atoms with Gasteiger partial charge in [0, 0.05) is 0 Å². The minimum atomic E-state index is -0.610. The fourth-order valence-corrected chi connectivity index (χ4v) is 3.00. The van der Waals surface area contributed by atoms with Crippen LogP contribution >= 0.6 is 0 Å². The van der Waals surface area contributed by atoms with E-state index < -0.39 is 6.10 Å². The van der Waals surface area contributed by atoms with Gasteiger partial charge in [0.05, 0.1) is 23.9 Å². The molecular weight excluding hydrogens is 324 g/mol. The van der Waals surface area contributed by atoms with Crippen molar-refractivity contribution in [3.8, 4) is 16.9 Å². The van der Waals surface area contributed by atoms with Gasteiger partial charge in [-0.2, -0.15) is 0 Å². The summed E-state index contributed by atoms with van der Waals surface area (Å²) in [7, 11) is 0. The van der Waals surface area contributed by atoms with Gasteiger partial charge in [0.1, 0.15) is 18.5 Å². The quantitative estimate of drug-likeness (QED) is 0.572. The number of aliphatic hydroxyl groups is 1. The minimum absolute atomic E-state index is 0.233. The van der Waals surface area contributed by atoms with Crippen molar-refractivity contribution in [2.75, 3.05) is 6.61 Å². The van der Waals surface area contributed by atoms with Crippen LogP contribution in [-0.2, 0) is 6.54 Å². The molecule has 0 saturated carbocycles.